The molecule has 1 aromatic heterocycles. The molecule has 26 heavy (non-hydrogen) atoms. The van der Waals surface area contributed by atoms with Gasteiger partial charge in [-0.2, -0.15) is 0 Å². The fourth-order valence-electron chi connectivity index (χ4n) is 2.97. The number of halogens is 1. The third-order valence-corrected chi connectivity index (χ3v) is 5.28. The Morgan fingerprint density at radius 2 is 2.15 bits per heavy atom. The molecule has 0 aliphatic carbocycles. The van der Waals surface area contributed by atoms with Gasteiger partial charge in [-0.05, 0) is 30.7 Å². The fraction of sp³-hybridized carbons (Fsp3) is 0.312. The zero-order valence-corrected chi connectivity index (χ0v) is 14.7. The third-order valence-electron chi connectivity index (χ3n) is 4.15. The molecule has 0 amide bonds. The molecule has 0 saturated carbocycles. The van der Waals surface area contributed by atoms with Crippen LogP contribution in [0.4, 0.5) is 21.6 Å². The van der Waals surface area contributed by atoms with E-state index in [-0.39, 0.29) is 16.8 Å². The van der Waals surface area contributed by atoms with Crippen molar-refractivity contribution in [2.24, 2.45) is 0 Å². The Bertz CT molecular complexity index is 951. The van der Waals surface area contributed by atoms with Crippen LogP contribution >= 0.6 is 0 Å². The number of hydrogen-bond donors (Lipinski definition) is 1. The van der Waals surface area contributed by atoms with Crippen LogP contribution in [-0.2, 0) is 9.84 Å². The summed E-state index contributed by atoms with van der Waals surface area (Å²) in [6.45, 7) is 1.08. The van der Waals surface area contributed by atoms with E-state index in [0.29, 0.717) is 25.2 Å². The predicted molar refractivity (Wildman–Crippen MR) is 94.6 cm³/mol. The number of anilines is 2. The maximum Gasteiger partial charge on any atom is 0.288 e. The molecule has 0 spiro atoms. The molecule has 1 fully saturated rings. The van der Waals surface area contributed by atoms with Crippen LogP contribution in [0.5, 0.6) is 0 Å². The lowest BCUT2D eigenvalue weighted by molar-refractivity contribution is -0.387. The summed E-state index contributed by atoms with van der Waals surface area (Å²) in [5.41, 5.74) is 0.00558. The monoisotopic (exact) mass is 380 g/mol. The molecule has 138 valence electrons. The van der Waals surface area contributed by atoms with E-state index in [9.17, 15) is 22.9 Å². The van der Waals surface area contributed by atoms with E-state index in [1.165, 1.54) is 36.5 Å². The first kappa shape index (κ1) is 18.1. The predicted octanol–water partition coefficient (Wildman–Crippen LogP) is 2.22. The average molecular weight is 380 g/mol. The number of benzene rings is 1. The number of nitro groups is 1. The molecule has 1 aliphatic rings. The summed E-state index contributed by atoms with van der Waals surface area (Å²) in [7, 11) is -3.75. The van der Waals surface area contributed by atoms with Gasteiger partial charge in [0.2, 0.25) is 0 Å². The molecule has 1 unspecified atom stereocenters. The molecule has 2 aromatic rings. The molecule has 0 bridgehead atoms. The van der Waals surface area contributed by atoms with Crippen LogP contribution in [0.15, 0.2) is 41.4 Å². The lowest BCUT2D eigenvalue weighted by Crippen LogP contribution is -2.27. The molecule has 1 N–H and O–H groups in total. The van der Waals surface area contributed by atoms with Gasteiger partial charge in [0.1, 0.15) is 4.90 Å². The first-order valence-electron chi connectivity index (χ1n) is 7.86. The zero-order chi connectivity index (χ0) is 18.9. The fourth-order valence-corrected chi connectivity index (χ4v) is 3.83. The van der Waals surface area contributed by atoms with Crippen LogP contribution in [0.3, 0.4) is 0 Å². The van der Waals surface area contributed by atoms with Gasteiger partial charge < -0.3 is 10.2 Å². The summed E-state index contributed by atoms with van der Waals surface area (Å²) in [6, 6.07) is 6.70. The van der Waals surface area contributed by atoms with Gasteiger partial charge in [0.25, 0.3) is 5.69 Å². The summed E-state index contributed by atoms with van der Waals surface area (Å²) in [4.78, 5) is 15.8. The van der Waals surface area contributed by atoms with Crippen molar-refractivity contribution in [3.8, 4) is 0 Å². The second kappa shape index (κ2) is 6.87. The second-order valence-electron chi connectivity index (χ2n) is 6.10. The van der Waals surface area contributed by atoms with Crippen molar-refractivity contribution in [3.63, 3.8) is 0 Å². The largest absolute Gasteiger partial charge is 0.380 e. The Labute approximate surface area is 149 Å². The Hall–Kier alpha value is -2.75. The van der Waals surface area contributed by atoms with Crippen LogP contribution in [0.25, 0.3) is 0 Å². The Morgan fingerprint density at radius 3 is 2.81 bits per heavy atom. The first-order valence-corrected chi connectivity index (χ1v) is 9.75. The average Bonchev–Trinajstić information content (AvgIpc) is 3.02. The van der Waals surface area contributed by atoms with Crippen molar-refractivity contribution in [1.82, 2.24) is 4.98 Å². The van der Waals surface area contributed by atoms with Crippen LogP contribution in [0.1, 0.15) is 6.42 Å². The Balaban J connectivity index is 1.78. The van der Waals surface area contributed by atoms with Crippen LogP contribution in [0.2, 0.25) is 0 Å². The summed E-state index contributed by atoms with van der Waals surface area (Å²) < 4.78 is 37.5. The first-order chi connectivity index (χ1) is 12.3. The van der Waals surface area contributed by atoms with Crippen molar-refractivity contribution in [1.29, 1.82) is 0 Å². The maximum absolute atomic E-state index is 13.8. The summed E-state index contributed by atoms with van der Waals surface area (Å²) in [5, 5.41) is 14.2. The van der Waals surface area contributed by atoms with E-state index in [2.05, 4.69) is 10.3 Å². The van der Waals surface area contributed by atoms with Gasteiger partial charge in [-0.1, -0.05) is 0 Å². The summed E-state index contributed by atoms with van der Waals surface area (Å²) >= 11 is 0. The minimum atomic E-state index is -3.75. The number of aromatic nitrogens is 1. The van der Waals surface area contributed by atoms with E-state index in [0.717, 1.165) is 6.26 Å². The molecule has 8 nitrogen and oxygen atoms in total. The lowest BCUT2D eigenvalue weighted by Gasteiger charge is -2.19. The highest BCUT2D eigenvalue weighted by atomic mass is 32.2. The third kappa shape index (κ3) is 3.74. The number of nitrogens with one attached hydrogen (secondary N) is 1. The molecule has 10 heteroatoms. The molecule has 3 rings (SSSR count). The molecule has 1 atom stereocenters. The molecule has 1 saturated heterocycles. The minimum absolute atomic E-state index is 0.0646. The van der Waals surface area contributed by atoms with Gasteiger partial charge in [0.05, 0.1) is 4.92 Å². The van der Waals surface area contributed by atoms with E-state index < -0.39 is 26.3 Å². The number of nitro benzene ring substituents is 1. The van der Waals surface area contributed by atoms with Crippen LogP contribution < -0.4 is 10.2 Å². The minimum Gasteiger partial charge on any atom is -0.380 e. The molecule has 2 heterocycles. The van der Waals surface area contributed by atoms with Crippen LogP contribution in [0, 0.1) is 15.9 Å². The van der Waals surface area contributed by atoms with Gasteiger partial charge in [0, 0.05) is 43.3 Å². The normalized spacial score (nSPS) is 17.3. The van der Waals surface area contributed by atoms with E-state index in [1.807, 2.05) is 0 Å². The van der Waals surface area contributed by atoms with Gasteiger partial charge in [-0.3, -0.25) is 10.1 Å². The summed E-state index contributed by atoms with van der Waals surface area (Å²) in [6.07, 6.45) is 3.15. The van der Waals surface area contributed by atoms with Gasteiger partial charge in [0.15, 0.2) is 21.5 Å². The highest BCUT2D eigenvalue weighted by Gasteiger charge is 2.27. The number of rotatable bonds is 5. The smallest absolute Gasteiger partial charge is 0.288 e. The zero-order valence-electron chi connectivity index (χ0n) is 13.9. The van der Waals surface area contributed by atoms with Gasteiger partial charge in [-0.15, -0.1) is 0 Å². The highest BCUT2D eigenvalue weighted by Crippen LogP contribution is 2.29. The Kier molecular flexibility index (Phi) is 4.77. The Morgan fingerprint density at radius 1 is 1.38 bits per heavy atom. The lowest BCUT2D eigenvalue weighted by atomic mass is 10.2. The number of hydrogen-bond acceptors (Lipinski definition) is 7. The van der Waals surface area contributed by atoms with Crippen molar-refractivity contribution in [2.45, 2.75) is 17.4 Å². The second-order valence-corrected chi connectivity index (χ2v) is 8.08. The molecule has 1 aromatic carbocycles. The van der Waals surface area contributed by atoms with E-state index in [1.54, 1.807) is 4.90 Å². The molecular formula is C16H17FN4O4S. The van der Waals surface area contributed by atoms with Crippen LogP contribution in [-0.4, -0.2) is 43.7 Å². The van der Waals surface area contributed by atoms with Gasteiger partial charge >= 0.3 is 0 Å². The highest BCUT2D eigenvalue weighted by molar-refractivity contribution is 7.90. The van der Waals surface area contributed by atoms with Crippen molar-refractivity contribution in [3.05, 3.63) is 52.5 Å². The number of sulfone groups is 1. The SMILES string of the molecule is CS(=O)(=O)c1cc(NC2CCN(c3ncccc3F)C2)ccc1[N+](=O)[O-]. The topological polar surface area (TPSA) is 105 Å². The van der Waals surface area contributed by atoms with Crippen molar-refractivity contribution >= 4 is 27.0 Å². The van der Waals surface area contributed by atoms with Crippen molar-refractivity contribution in [2.75, 3.05) is 29.6 Å². The number of pyridine rings is 1. The molecule has 1 aliphatic heterocycles. The van der Waals surface area contributed by atoms with Gasteiger partial charge in [-0.25, -0.2) is 17.8 Å². The maximum atomic E-state index is 13.8. The standard InChI is InChI=1S/C16H17FN4O4S/c1-26(24,25)15-9-11(4-5-14(15)21(22)23)19-12-6-8-20(10-12)16-13(17)3-2-7-18-16/h2-5,7,9,12,19H,6,8,10H2,1H3. The number of nitrogens with zero attached hydrogens (tertiary/aromatic N) is 3. The van der Waals surface area contributed by atoms with E-state index in [4.69, 9.17) is 0 Å². The summed E-state index contributed by atoms with van der Waals surface area (Å²) in [5.74, 6) is -0.125. The quantitative estimate of drug-likeness (QED) is 0.626. The van der Waals surface area contributed by atoms with E-state index >= 15 is 0 Å². The molecular weight excluding hydrogens is 363 g/mol. The molecule has 0 radical (unpaired) electrons. The van der Waals surface area contributed by atoms with Crippen molar-refractivity contribution < 1.29 is 17.7 Å².